The van der Waals surface area contributed by atoms with Gasteiger partial charge in [0.2, 0.25) is 0 Å². The van der Waals surface area contributed by atoms with Gasteiger partial charge in [-0.2, -0.15) is 11.8 Å². The molecule has 0 aromatic heterocycles. The lowest BCUT2D eigenvalue weighted by molar-refractivity contribution is 0.0454. The van der Waals surface area contributed by atoms with E-state index in [2.05, 4.69) is 11.8 Å². The molecule has 1 aromatic carbocycles. The predicted molar refractivity (Wildman–Crippen MR) is 77.6 cm³/mol. The lowest BCUT2D eigenvalue weighted by Crippen LogP contribution is -2.31. The number of thioether (sulfide) groups is 1. The number of hydrogen-bond acceptors (Lipinski definition) is 4. The molecule has 4 heteroatoms. The summed E-state index contributed by atoms with van der Waals surface area (Å²) in [4.78, 5) is 0. The van der Waals surface area contributed by atoms with Crippen LogP contribution >= 0.6 is 11.8 Å². The zero-order valence-electron chi connectivity index (χ0n) is 10.8. The Morgan fingerprint density at radius 2 is 2.11 bits per heavy atom. The summed E-state index contributed by atoms with van der Waals surface area (Å²) >= 11 is 1.90. The third kappa shape index (κ3) is 5.15. The van der Waals surface area contributed by atoms with E-state index in [9.17, 15) is 0 Å². The molecule has 1 N–H and O–H groups in total. The summed E-state index contributed by atoms with van der Waals surface area (Å²) in [5, 5.41) is 9.30. The van der Waals surface area contributed by atoms with Gasteiger partial charge in [0.25, 0.3) is 0 Å². The molecule has 2 rings (SSSR count). The molecule has 1 aliphatic heterocycles. The smallest absolute Gasteiger partial charge is 0.119 e. The van der Waals surface area contributed by atoms with E-state index >= 15 is 0 Å². The van der Waals surface area contributed by atoms with Crippen LogP contribution in [0.3, 0.4) is 0 Å². The third-order valence-corrected chi connectivity index (χ3v) is 3.78. The Kier molecular flexibility index (Phi) is 6.09. The maximum absolute atomic E-state index is 8.64. The van der Waals surface area contributed by atoms with Crippen molar-refractivity contribution in [1.82, 2.24) is 0 Å². The molecular formula is C15H18O3S. The molecule has 0 radical (unpaired) electrons. The van der Waals surface area contributed by atoms with E-state index in [1.54, 1.807) is 0 Å². The minimum atomic E-state index is 0.109. The van der Waals surface area contributed by atoms with Crippen LogP contribution in [0.1, 0.15) is 12.0 Å². The number of aliphatic hydroxyl groups is 1. The van der Waals surface area contributed by atoms with Gasteiger partial charge in [-0.25, -0.2) is 0 Å². The molecule has 0 aliphatic carbocycles. The van der Waals surface area contributed by atoms with E-state index in [1.807, 2.05) is 36.0 Å². The van der Waals surface area contributed by atoms with Gasteiger partial charge in [0.1, 0.15) is 5.75 Å². The van der Waals surface area contributed by atoms with Crippen molar-refractivity contribution >= 4 is 11.8 Å². The van der Waals surface area contributed by atoms with Crippen LogP contribution in [0, 0.1) is 11.8 Å². The van der Waals surface area contributed by atoms with Crippen LogP contribution in [0.5, 0.6) is 5.75 Å². The molecule has 1 saturated heterocycles. The number of hydrogen-bond donors (Lipinski definition) is 1. The van der Waals surface area contributed by atoms with E-state index < -0.39 is 0 Å². The maximum atomic E-state index is 8.64. The molecule has 3 nitrogen and oxygen atoms in total. The van der Waals surface area contributed by atoms with Gasteiger partial charge in [0, 0.05) is 17.7 Å². The first-order valence-corrected chi connectivity index (χ1v) is 7.45. The second-order valence-electron chi connectivity index (χ2n) is 4.18. The lowest BCUT2D eigenvalue weighted by Gasteiger charge is -2.25. The molecule has 0 spiro atoms. The van der Waals surface area contributed by atoms with E-state index in [1.165, 1.54) is 0 Å². The van der Waals surface area contributed by atoms with Gasteiger partial charge in [-0.15, -0.1) is 0 Å². The summed E-state index contributed by atoms with van der Waals surface area (Å²) in [6.07, 6.45) is 0.514. The second kappa shape index (κ2) is 8.11. The van der Waals surface area contributed by atoms with Crippen LogP contribution in [-0.2, 0) is 4.74 Å². The molecule has 0 unspecified atom stereocenters. The van der Waals surface area contributed by atoms with E-state index in [4.69, 9.17) is 14.6 Å². The van der Waals surface area contributed by atoms with Crippen LogP contribution in [-0.4, -0.2) is 42.5 Å². The van der Waals surface area contributed by atoms with Gasteiger partial charge in [-0.1, -0.05) is 11.8 Å². The fourth-order valence-electron chi connectivity index (χ4n) is 1.54. The number of aliphatic hydroxyl groups excluding tert-OH is 1. The van der Waals surface area contributed by atoms with E-state index in [0.717, 1.165) is 36.9 Å². The molecule has 1 aromatic rings. The van der Waals surface area contributed by atoms with Crippen LogP contribution < -0.4 is 4.74 Å². The van der Waals surface area contributed by atoms with Gasteiger partial charge in [0.05, 0.1) is 31.7 Å². The zero-order chi connectivity index (χ0) is 13.3. The Balaban J connectivity index is 1.67. The Morgan fingerprint density at radius 1 is 1.32 bits per heavy atom. The largest absolute Gasteiger partial charge is 0.493 e. The summed E-state index contributed by atoms with van der Waals surface area (Å²) in [6, 6.07) is 7.74. The molecule has 0 atom stereocenters. The highest BCUT2D eigenvalue weighted by Gasteiger charge is 2.17. The van der Waals surface area contributed by atoms with Crippen molar-refractivity contribution in [2.75, 3.05) is 32.2 Å². The van der Waals surface area contributed by atoms with Crippen molar-refractivity contribution in [3.8, 4) is 17.6 Å². The standard InChI is InChI=1S/C15H18O3S/c16-8-2-1-3-13-4-6-14(7-5-13)18-9-10-19-15-11-17-12-15/h4-7,15-16H,2,8-12H2. The second-order valence-corrected chi connectivity index (χ2v) is 5.59. The van der Waals surface area contributed by atoms with Gasteiger partial charge in [-0.3, -0.25) is 0 Å². The summed E-state index contributed by atoms with van der Waals surface area (Å²) < 4.78 is 10.8. The number of benzene rings is 1. The molecule has 0 saturated carbocycles. The number of rotatable bonds is 6. The Bertz CT molecular complexity index is 429. The van der Waals surface area contributed by atoms with Crippen molar-refractivity contribution in [2.24, 2.45) is 0 Å². The summed E-state index contributed by atoms with van der Waals surface area (Å²) in [5.74, 6) is 7.74. The van der Waals surface area contributed by atoms with Gasteiger partial charge >= 0.3 is 0 Å². The average molecular weight is 278 g/mol. The maximum Gasteiger partial charge on any atom is 0.119 e. The first-order chi connectivity index (χ1) is 9.38. The minimum absolute atomic E-state index is 0.109. The minimum Gasteiger partial charge on any atom is -0.493 e. The lowest BCUT2D eigenvalue weighted by atomic mass is 10.2. The molecule has 1 aliphatic rings. The van der Waals surface area contributed by atoms with Crippen molar-refractivity contribution in [3.05, 3.63) is 29.8 Å². The van der Waals surface area contributed by atoms with Crippen LogP contribution in [0.4, 0.5) is 0 Å². The van der Waals surface area contributed by atoms with Crippen LogP contribution in [0.15, 0.2) is 24.3 Å². The fraction of sp³-hybridized carbons (Fsp3) is 0.467. The van der Waals surface area contributed by atoms with Gasteiger partial charge < -0.3 is 14.6 Å². The monoisotopic (exact) mass is 278 g/mol. The van der Waals surface area contributed by atoms with Crippen molar-refractivity contribution in [3.63, 3.8) is 0 Å². The summed E-state index contributed by atoms with van der Waals surface area (Å²) in [7, 11) is 0. The first-order valence-electron chi connectivity index (χ1n) is 6.40. The van der Waals surface area contributed by atoms with Crippen molar-refractivity contribution in [1.29, 1.82) is 0 Å². The Morgan fingerprint density at radius 3 is 2.74 bits per heavy atom. The first kappa shape index (κ1) is 14.3. The summed E-state index contributed by atoms with van der Waals surface area (Å²) in [5.41, 5.74) is 0.946. The molecule has 1 fully saturated rings. The highest BCUT2D eigenvalue weighted by Crippen LogP contribution is 2.19. The fourth-order valence-corrected chi connectivity index (χ4v) is 2.44. The van der Waals surface area contributed by atoms with E-state index in [0.29, 0.717) is 11.7 Å². The van der Waals surface area contributed by atoms with Crippen LogP contribution in [0.25, 0.3) is 0 Å². The third-order valence-electron chi connectivity index (χ3n) is 2.64. The van der Waals surface area contributed by atoms with Gasteiger partial charge in [-0.05, 0) is 24.3 Å². The molecule has 102 valence electrons. The highest BCUT2D eigenvalue weighted by molar-refractivity contribution is 8.00. The topological polar surface area (TPSA) is 38.7 Å². The number of ether oxygens (including phenoxy) is 2. The Labute approximate surface area is 118 Å². The molecule has 1 heterocycles. The van der Waals surface area contributed by atoms with Crippen LogP contribution in [0.2, 0.25) is 0 Å². The SMILES string of the molecule is OCCC#Cc1ccc(OCCSC2COC2)cc1. The molecule has 0 bridgehead atoms. The predicted octanol–water partition coefficient (Wildman–Crippen LogP) is 1.93. The highest BCUT2D eigenvalue weighted by atomic mass is 32.2. The average Bonchev–Trinajstić information content (AvgIpc) is 2.38. The van der Waals surface area contributed by atoms with Crippen molar-refractivity contribution in [2.45, 2.75) is 11.7 Å². The molecular weight excluding hydrogens is 260 g/mol. The van der Waals surface area contributed by atoms with Crippen molar-refractivity contribution < 1.29 is 14.6 Å². The Hall–Kier alpha value is -1.15. The zero-order valence-corrected chi connectivity index (χ0v) is 11.6. The quantitative estimate of drug-likeness (QED) is 0.637. The normalized spacial score (nSPS) is 14.4. The van der Waals surface area contributed by atoms with E-state index in [-0.39, 0.29) is 6.61 Å². The summed E-state index contributed by atoms with van der Waals surface area (Å²) in [6.45, 7) is 2.59. The van der Waals surface area contributed by atoms with Gasteiger partial charge in [0.15, 0.2) is 0 Å². The molecule has 0 amide bonds. The molecule has 19 heavy (non-hydrogen) atoms.